The van der Waals surface area contributed by atoms with Gasteiger partial charge in [0.1, 0.15) is 0 Å². The lowest BCUT2D eigenvalue weighted by atomic mass is 9.72. The molecular formula is C41H58. The summed E-state index contributed by atoms with van der Waals surface area (Å²) >= 11 is 0. The maximum Gasteiger partial charge on any atom is 0.0269 e. The fourth-order valence-corrected chi connectivity index (χ4v) is 8.37. The van der Waals surface area contributed by atoms with Crippen LogP contribution in [0, 0.1) is 39.0 Å². The molecule has 0 aromatic heterocycles. The summed E-state index contributed by atoms with van der Waals surface area (Å²) in [5, 5.41) is 0. The van der Waals surface area contributed by atoms with E-state index in [9.17, 15) is 0 Å². The van der Waals surface area contributed by atoms with Gasteiger partial charge in [-0.2, -0.15) is 0 Å². The summed E-state index contributed by atoms with van der Waals surface area (Å²) in [6.45, 7) is 38.2. The van der Waals surface area contributed by atoms with Crippen LogP contribution in [-0.4, -0.2) is 0 Å². The zero-order valence-electron chi connectivity index (χ0n) is 29.3. The van der Waals surface area contributed by atoms with Crippen molar-refractivity contribution in [1.82, 2.24) is 0 Å². The van der Waals surface area contributed by atoms with Gasteiger partial charge in [-0.15, -0.1) is 0 Å². The van der Waals surface area contributed by atoms with Crippen molar-refractivity contribution in [3.05, 3.63) is 95.6 Å². The van der Waals surface area contributed by atoms with Gasteiger partial charge in [-0.25, -0.2) is 0 Å². The Morgan fingerprint density at radius 1 is 0.707 bits per heavy atom. The molecule has 0 bridgehead atoms. The zero-order valence-corrected chi connectivity index (χ0v) is 29.3. The molecule has 2 aromatic carbocycles. The van der Waals surface area contributed by atoms with Gasteiger partial charge in [-0.1, -0.05) is 90.3 Å². The highest BCUT2D eigenvalue weighted by atomic mass is 14.4. The molecule has 0 fully saturated rings. The second-order valence-corrected chi connectivity index (χ2v) is 15.4. The lowest BCUT2D eigenvalue weighted by molar-refractivity contribution is 0.407. The molecule has 222 valence electrons. The first-order valence-corrected chi connectivity index (χ1v) is 16.2. The van der Waals surface area contributed by atoms with Crippen molar-refractivity contribution < 1.29 is 0 Å². The number of aryl methyl sites for hydroxylation is 2. The fourth-order valence-electron chi connectivity index (χ4n) is 8.37. The number of rotatable bonds is 6. The number of hydrogen-bond acceptors (Lipinski definition) is 0. The molecule has 41 heavy (non-hydrogen) atoms. The van der Waals surface area contributed by atoms with Crippen LogP contribution in [0.4, 0.5) is 0 Å². The topological polar surface area (TPSA) is 0 Å². The van der Waals surface area contributed by atoms with Gasteiger partial charge in [0.05, 0.1) is 0 Å². The average Bonchev–Trinajstić information content (AvgIpc) is 3.29. The Kier molecular flexibility index (Phi) is 8.52. The van der Waals surface area contributed by atoms with Crippen molar-refractivity contribution >= 4 is 6.08 Å². The van der Waals surface area contributed by atoms with Crippen LogP contribution in [0.1, 0.15) is 162 Å². The summed E-state index contributed by atoms with van der Waals surface area (Å²) in [5.41, 5.74) is 23.2. The lowest BCUT2D eigenvalue weighted by Gasteiger charge is -2.32. The predicted octanol–water partition coefficient (Wildman–Crippen LogP) is 12.3. The molecule has 0 heterocycles. The molecule has 2 aliphatic carbocycles. The highest BCUT2D eigenvalue weighted by Crippen LogP contribution is 2.51. The first-order chi connectivity index (χ1) is 18.9. The smallest absolute Gasteiger partial charge is 0.0269 e. The average molecular weight is 551 g/mol. The molecule has 0 saturated carbocycles. The SMILES string of the molecule is CC1=C(C)C(c2c(C)cc3c(c2C)C(C)C(C(C)C(C)c2cc(C)c(C)c(CC(C)(C)C)c2C(C)C)=C3)C(C)=C1C. The first kappa shape index (κ1) is 31.6. The largest absolute Gasteiger partial charge is 0.0599 e. The Balaban J connectivity index is 1.77. The number of fused-ring (bicyclic) bond motifs is 1. The minimum absolute atomic E-state index is 0.267. The van der Waals surface area contributed by atoms with Crippen LogP contribution in [0.3, 0.4) is 0 Å². The van der Waals surface area contributed by atoms with Crippen LogP contribution in [0.25, 0.3) is 6.08 Å². The fraction of sp³-hybridized carbons (Fsp3) is 0.561. The molecule has 0 heteroatoms. The second kappa shape index (κ2) is 11.1. The molecule has 3 atom stereocenters. The van der Waals surface area contributed by atoms with E-state index in [1.807, 2.05) is 0 Å². The molecule has 2 aromatic rings. The molecular weight excluding hydrogens is 492 g/mol. The van der Waals surface area contributed by atoms with E-state index in [0.717, 1.165) is 6.42 Å². The van der Waals surface area contributed by atoms with E-state index < -0.39 is 0 Å². The minimum atomic E-state index is 0.267. The number of benzene rings is 2. The first-order valence-electron chi connectivity index (χ1n) is 16.2. The van der Waals surface area contributed by atoms with Gasteiger partial charge in [0.2, 0.25) is 0 Å². The lowest BCUT2D eigenvalue weighted by Crippen LogP contribution is -2.19. The molecule has 0 aliphatic heterocycles. The Morgan fingerprint density at radius 2 is 1.27 bits per heavy atom. The van der Waals surface area contributed by atoms with Gasteiger partial charge in [0.25, 0.3) is 0 Å². The van der Waals surface area contributed by atoms with Gasteiger partial charge in [0.15, 0.2) is 0 Å². The van der Waals surface area contributed by atoms with E-state index in [1.165, 1.54) is 50.1 Å². The quantitative estimate of drug-likeness (QED) is 0.335. The van der Waals surface area contributed by atoms with Gasteiger partial charge in [0, 0.05) is 11.8 Å². The number of hydrogen-bond donors (Lipinski definition) is 0. The van der Waals surface area contributed by atoms with Crippen LogP contribution in [0.2, 0.25) is 0 Å². The van der Waals surface area contributed by atoms with Gasteiger partial charge in [-0.05, 0) is 152 Å². The van der Waals surface area contributed by atoms with Crippen molar-refractivity contribution in [3.8, 4) is 0 Å². The van der Waals surface area contributed by atoms with Crippen LogP contribution in [0.5, 0.6) is 0 Å². The maximum atomic E-state index is 2.56. The molecule has 0 saturated heterocycles. The maximum absolute atomic E-state index is 2.56. The molecule has 0 amide bonds. The Morgan fingerprint density at radius 3 is 1.78 bits per heavy atom. The van der Waals surface area contributed by atoms with E-state index in [2.05, 4.69) is 129 Å². The van der Waals surface area contributed by atoms with E-state index in [4.69, 9.17) is 0 Å². The summed E-state index contributed by atoms with van der Waals surface area (Å²) in [4.78, 5) is 0. The summed E-state index contributed by atoms with van der Waals surface area (Å²) in [5.74, 6) is 2.33. The highest BCUT2D eigenvalue weighted by molar-refractivity contribution is 5.72. The van der Waals surface area contributed by atoms with Gasteiger partial charge in [-0.3, -0.25) is 0 Å². The third-order valence-corrected chi connectivity index (χ3v) is 11.2. The normalized spacial score (nSPS) is 19.4. The molecule has 4 rings (SSSR count). The Bertz CT molecular complexity index is 1450. The van der Waals surface area contributed by atoms with Crippen molar-refractivity contribution in [2.24, 2.45) is 11.3 Å². The number of allylic oxidation sites excluding steroid dienone is 5. The summed E-state index contributed by atoms with van der Waals surface area (Å²) < 4.78 is 0. The van der Waals surface area contributed by atoms with Gasteiger partial charge < -0.3 is 0 Å². The summed E-state index contributed by atoms with van der Waals surface area (Å²) in [6, 6.07) is 5.03. The summed E-state index contributed by atoms with van der Waals surface area (Å²) in [6.07, 6.45) is 3.70. The molecule has 0 radical (unpaired) electrons. The third-order valence-electron chi connectivity index (χ3n) is 11.2. The van der Waals surface area contributed by atoms with Crippen LogP contribution in [-0.2, 0) is 6.42 Å². The molecule has 2 aliphatic rings. The minimum Gasteiger partial charge on any atom is -0.0599 e. The van der Waals surface area contributed by atoms with E-state index in [-0.39, 0.29) is 5.41 Å². The summed E-state index contributed by atoms with van der Waals surface area (Å²) in [7, 11) is 0. The van der Waals surface area contributed by atoms with Crippen molar-refractivity contribution in [2.45, 2.75) is 141 Å². The standard InChI is InChI=1S/C41H58/c1-21(2)37-35(18-22(3)24(5)36(37)20-41(14,15)16)28(9)27(8)34-19-33-17-23(4)38(32(13)39(33)31(34)12)40-29(10)25(6)26(7)30(40)11/h17-19,21,27-28,31,40H,20H2,1-16H3. The highest BCUT2D eigenvalue weighted by Gasteiger charge is 2.35. The van der Waals surface area contributed by atoms with Crippen LogP contribution >= 0.6 is 0 Å². The molecule has 0 nitrogen and oxygen atoms in total. The predicted molar refractivity (Wildman–Crippen MR) is 183 cm³/mol. The third kappa shape index (κ3) is 5.34. The van der Waals surface area contributed by atoms with Crippen molar-refractivity contribution in [3.63, 3.8) is 0 Å². The van der Waals surface area contributed by atoms with Gasteiger partial charge >= 0.3 is 0 Å². The molecule has 0 N–H and O–H groups in total. The Labute approximate surface area is 253 Å². The molecule has 3 unspecified atom stereocenters. The van der Waals surface area contributed by atoms with Crippen LogP contribution in [0.15, 0.2) is 40.0 Å². The Hall–Kier alpha value is -2.34. The molecule has 0 spiro atoms. The second-order valence-electron chi connectivity index (χ2n) is 15.4. The zero-order chi connectivity index (χ0) is 30.9. The van der Waals surface area contributed by atoms with Crippen molar-refractivity contribution in [1.29, 1.82) is 0 Å². The van der Waals surface area contributed by atoms with E-state index >= 15 is 0 Å². The van der Waals surface area contributed by atoms with Crippen LogP contribution < -0.4 is 0 Å². The van der Waals surface area contributed by atoms with E-state index in [1.54, 1.807) is 33.4 Å². The van der Waals surface area contributed by atoms with E-state index in [0.29, 0.717) is 29.6 Å². The van der Waals surface area contributed by atoms with Crippen molar-refractivity contribution in [2.75, 3.05) is 0 Å². The monoisotopic (exact) mass is 550 g/mol.